The molecule has 0 aliphatic carbocycles. The summed E-state index contributed by atoms with van der Waals surface area (Å²) in [6.45, 7) is 4.05. The van der Waals surface area contributed by atoms with Crippen LogP contribution in [-0.2, 0) is 4.79 Å². The van der Waals surface area contributed by atoms with Gasteiger partial charge in [0.1, 0.15) is 0 Å². The maximum absolute atomic E-state index is 11.0. The topological polar surface area (TPSA) is 20.3 Å². The van der Waals surface area contributed by atoms with Crippen molar-refractivity contribution < 1.29 is 4.79 Å². The van der Waals surface area contributed by atoms with Crippen molar-refractivity contribution in [1.29, 1.82) is 0 Å². The number of hydrogen-bond acceptors (Lipinski definition) is 2. The van der Waals surface area contributed by atoms with Gasteiger partial charge in [-0.3, -0.25) is 9.69 Å². The monoisotopic (exact) mass is 127 g/mol. The Hall–Kier alpha value is -0.370. The molecule has 1 heterocycles. The molecule has 0 amide bonds. The molecule has 0 N–H and O–H groups in total. The number of likely N-dealkylation sites (N-methyl/N-ethyl adjacent to an activating group) is 1. The summed E-state index contributed by atoms with van der Waals surface area (Å²) in [5.74, 6) is 0.380. The molecule has 1 aliphatic rings. The number of nitrogens with zero attached hydrogens (tertiary/aromatic N) is 1. The van der Waals surface area contributed by atoms with E-state index in [9.17, 15) is 4.79 Å². The van der Waals surface area contributed by atoms with Crippen LogP contribution < -0.4 is 0 Å². The van der Waals surface area contributed by atoms with Gasteiger partial charge in [-0.2, -0.15) is 0 Å². The van der Waals surface area contributed by atoms with Crippen LogP contribution in [0.5, 0.6) is 0 Å². The first-order valence-electron chi connectivity index (χ1n) is 3.37. The van der Waals surface area contributed by atoms with Gasteiger partial charge in [0.2, 0.25) is 0 Å². The van der Waals surface area contributed by atoms with Crippen LogP contribution in [0.4, 0.5) is 0 Å². The van der Waals surface area contributed by atoms with E-state index >= 15 is 0 Å². The van der Waals surface area contributed by atoms with Crippen LogP contribution in [0.2, 0.25) is 0 Å². The van der Waals surface area contributed by atoms with Crippen LogP contribution in [0.3, 0.4) is 0 Å². The highest BCUT2D eigenvalue weighted by atomic mass is 16.1. The SMILES string of the molecule is CC1CC(=O)C(C)N1C. The molecule has 2 heteroatoms. The van der Waals surface area contributed by atoms with E-state index < -0.39 is 0 Å². The van der Waals surface area contributed by atoms with Gasteiger partial charge < -0.3 is 0 Å². The molecule has 1 saturated heterocycles. The zero-order valence-corrected chi connectivity index (χ0v) is 6.22. The Labute approximate surface area is 55.8 Å². The molecule has 0 spiro atoms. The van der Waals surface area contributed by atoms with E-state index in [1.165, 1.54) is 0 Å². The van der Waals surface area contributed by atoms with Crippen LogP contribution in [0.15, 0.2) is 0 Å². The average molecular weight is 127 g/mol. The fourth-order valence-corrected chi connectivity index (χ4v) is 1.21. The van der Waals surface area contributed by atoms with E-state index in [0.717, 1.165) is 6.42 Å². The van der Waals surface area contributed by atoms with Crippen LogP contribution in [-0.4, -0.2) is 29.8 Å². The maximum Gasteiger partial charge on any atom is 0.151 e. The summed E-state index contributed by atoms with van der Waals surface area (Å²) in [6, 6.07) is 0.604. The van der Waals surface area contributed by atoms with Gasteiger partial charge >= 0.3 is 0 Å². The Morgan fingerprint density at radius 1 is 1.56 bits per heavy atom. The molecule has 2 unspecified atom stereocenters. The van der Waals surface area contributed by atoms with Gasteiger partial charge in [0.05, 0.1) is 6.04 Å². The standard InChI is InChI=1S/C7H13NO/c1-5-4-7(9)6(2)8(5)3/h5-6H,4H2,1-3H3. The van der Waals surface area contributed by atoms with Crippen molar-refractivity contribution in [1.82, 2.24) is 4.90 Å². The fraction of sp³-hybridized carbons (Fsp3) is 0.857. The number of carbonyl (C=O) groups is 1. The Bertz CT molecular complexity index is 133. The smallest absolute Gasteiger partial charge is 0.151 e. The van der Waals surface area contributed by atoms with E-state index in [1.807, 2.05) is 14.0 Å². The summed E-state index contributed by atoms with van der Waals surface area (Å²) in [4.78, 5) is 13.1. The van der Waals surface area contributed by atoms with E-state index in [1.54, 1.807) is 0 Å². The second-order valence-corrected chi connectivity index (χ2v) is 2.86. The van der Waals surface area contributed by atoms with Crippen molar-refractivity contribution in [3.63, 3.8) is 0 Å². The normalized spacial score (nSPS) is 37.9. The Morgan fingerprint density at radius 2 is 2.11 bits per heavy atom. The first kappa shape index (κ1) is 6.75. The number of hydrogen-bond donors (Lipinski definition) is 0. The number of Topliss-reactive ketones (excluding diaryl/α,β-unsaturated/α-hetero) is 1. The fourth-order valence-electron chi connectivity index (χ4n) is 1.21. The molecule has 0 aromatic carbocycles. The summed E-state index contributed by atoms with van der Waals surface area (Å²) in [5.41, 5.74) is 0. The van der Waals surface area contributed by atoms with Crippen molar-refractivity contribution in [2.75, 3.05) is 7.05 Å². The zero-order chi connectivity index (χ0) is 7.02. The number of likely N-dealkylation sites (tertiary alicyclic amines) is 1. The molecule has 0 aromatic rings. The molecule has 0 bridgehead atoms. The molecule has 0 saturated carbocycles. The minimum absolute atomic E-state index is 0.153. The summed E-state index contributed by atoms with van der Waals surface area (Å²) in [7, 11) is 2.00. The van der Waals surface area contributed by atoms with Crippen LogP contribution in [0, 0.1) is 0 Å². The lowest BCUT2D eigenvalue weighted by molar-refractivity contribution is -0.119. The van der Waals surface area contributed by atoms with E-state index in [-0.39, 0.29) is 6.04 Å². The van der Waals surface area contributed by atoms with Crippen LogP contribution in [0.1, 0.15) is 20.3 Å². The van der Waals surface area contributed by atoms with E-state index in [4.69, 9.17) is 0 Å². The van der Waals surface area contributed by atoms with Crippen molar-refractivity contribution in [3.05, 3.63) is 0 Å². The molecule has 2 atom stereocenters. The molecule has 9 heavy (non-hydrogen) atoms. The second kappa shape index (κ2) is 2.10. The summed E-state index contributed by atoms with van der Waals surface area (Å²) >= 11 is 0. The highest BCUT2D eigenvalue weighted by molar-refractivity contribution is 5.86. The number of carbonyl (C=O) groups excluding carboxylic acids is 1. The first-order valence-corrected chi connectivity index (χ1v) is 3.37. The van der Waals surface area contributed by atoms with Crippen molar-refractivity contribution in [2.45, 2.75) is 32.4 Å². The predicted molar refractivity (Wildman–Crippen MR) is 36.3 cm³/mol. The maximum atomic E-state index is 11.0. The molecule has 0 aromatic heterocycles. The van der Waals surface area contributed by atoms with E-state index in [2.05, 4.69) is 11.8 Å². The Morgan fingerprint density at radius 3 is 2.22 bits per heavy atom. The molecule has 2 nitrogen and oxygen atoms in total. The molecular weight excluding hydrogens is 114 g/mol. The number of ketones is 1. The minimum Gasteiger partial charge on any atom is -0.298 e. The molecule has 52 valence electrons. The Balaban J connectivity index is 2.65. The van der Waals surface area contributed by atoms with Crippen LogP contribution in [0.25, 0.3) is 0 Å². The zero-order valence-electron chi connectivity index (χ0n) is 6.22. The summed E-state index contributed by atoms with van der Waals surface area (Å²) < 4.78 is 0. The second-order valence-electron chi connectivity index (χ2n) is 2.86. The average Bonchev–Trinajstić information content (AvgIpc) is 1.98. The summed E-state index contributed by atoms with van der Waals surface area (Å²) in [6.07, 6.45) is 0.734. The lowest BCUT2D eigenvalue weighted by Gasteiger charge is -2.17. The third-order valence-corrected chi connectivity index (χ3v) is 2.27. The highest BCUT2D eigenvalue weighted by Crippen LogP contribution is 2.16. The first-order chi connectivity index (χ1) is 4.13. The van der Waals surface area contributed by atoms with Gasteiger partial charge in [0.15, 0.2) is 5.78 Å². The van der Waals surface area contributed by atoms with Crippen molar-refractivity contribution in [3.8, 4) is 0 Å². The molecule has 1 fully saturated rings. The highest BCUT2D eigenvalue weighted by Gasteiger charge is 2.30. The predicted octanol–water partition coefficient (Wildman–Crippen LogP) is 0.668. The van der Waals surface area contributed by atoms with E-state index in [0.29, 0.717) is 11.8 Å². The van der Waals surface area contributed by atoms with Crippen LogP contribution >= 0.6 is 0 Å². The van der Waals surface area contributed by atoms with Gasteiger partial charge in [-0.1, -0.05) is 0 Å². The van der Waals surface area contributed by atoms with Gasteiger partial charge in [0, 0.05) is 12.5 Å². The third kappa shape index (κ3) is 0.990. The lowest BCUT2D eigenvalue weighted by atomic mass is 10.2. The van der Waals surface area contributed by atoms with Crippen molar-refractivity contribution in [2.24, 2.45) is 0 Å². The van der Waals surface area contributed by atoms with Gasteiger partial charge in [0.25, 0.3) is 0 Å². The molecule has 1 rings (SSSR count). The van der Waals surface area contributed by atoms with Gasteiger partial charge in [-0.15, -0.1) is 0 Å². The minimum atomic E-state index is 0.153. The van der Waals surface area contributed by atoms with Gasteiger partial charge in [-0.05, 0) is 20.9 Å². The molecule has 1 aliphatic heterocycles. The molecule has 0 radical (unpaired) electrons. The largest absolute Gasteiger partial charge is 0.298 e. The lowest BCUT2D eigenvalue weighted by Crippen LogP contribution is -2.29. The van der Waals surface area contributed by atoms with Crippen molar-refractivity contribution >= 4 is 5.78 Å². The number of rotatable bonds is 0. The quantitative estimate of drug-likeness (QED) is 0.476. The molecular formula is C7H13NO. The summed E-state index contributed by atoms with van der Waals surface area (Å²) in [5, 5.41) is 0. The van der Waals surface area contributed by atoms with Gasteiger partial charge in [-0.25, -0.2) is 0 Å². The Kier molecular flexibility index (Phi) is 1.58. The third-order valence-electron chi connectivity index (χ3n) is 2.27.